The predicted molar refractivity (Wildman–Crippen MR) is 86.4 cm³/mol. The topological polar surface area (TPSA) is 51.7 Å². The molecule has 2 heterocycles. The summed E-state index contributed by atoms with van der Waals surface area (Å²) < 4.78 is 11.1. The van der Waals surface area contributed by atoms with Gasteiger partial charge in [-0.25, -0.2) is 4.98 Å². The molecule has 3 rings (SSSR count). The van der Waals surface area contributed by atoms with Gasteiger partial charge in [0.25, 0.3) is 5.91 Å². The van der Waals surface area contributed by atoms with Crippen molar-refractivity contribution in [3.05, 3.63) is 59.3 Å². The average molecular weight is 312 g/mol. The van der Waals surface area contributed by atoms with Crippen molar-refractivity contribution >= 4 is 5.91 Å². The van der Waals surface area contributed by atoms with Crippen LogP contribution in [0.4, 0.5) is 0 Å². The van der Waals surface area contributed by atoms with E-state index in [1.165, 1.54) is 0 Å². The van der Waals surface area contributed by atoms with Crippen molar-refractivity contribution in [2.24, 2.45) is 0 Å². The van der Waals surface area contributed by atoms with Gasteiger partial charge in [0.05, 0.1) is 13.2 Å². The first kappa shape index (κ1) is 15.5. The van der Waals surface area contributed by atoms with Crippen LogP contribution in [0.5, 0.6) is 5.88 Å². The standard InChI is InChI=1S/C18H20N2O3/c1-13-8-9-16-17(19-13)23-15(12-22-2)11-20(18(16)21)10-14-6-4-3-5-7-14/h3-9,15H,10-12H2,1-2H3. The van der Waals surface area contributed by atoms with Crippen molar-refractivity contribution < 1.29 is 14.3 Å². The van der Waals surface area contributed by atoms with Crippen molar-refractivity contribution in [1.29, 1.82) is 0 Å². The van der Waals surface area contributed by atoms with Crippen LogP contribution in [0.3, 0.4) is 0 Å². The molecule has 1 amide bonds. The van der Waals surface area contributed by atoms with Gasteiger partial charge in [-0.1, -0.05) is 30.3 Å². The SMILES string of the molecule is COCC1CN(Cc2ccccc2)C(=O)c2ccc(C)nc2O1. The van der Waals surface area contributed by atoms with Gasteiger partial charge >= 0.3 is 0 Å². The monoisotopic (exact) mass is 312 g/mol. The van der Waals surface area contributed by atoms with Crippen LogP contribution in [-0.2, 0) is 11.3 Å². The highest BCUT2D eigenvalue weighted by atomic mass is 16.5. The number of ether oxygens (including phenoxy) is 2. The van der Waals surface area contributed by atoms with Crippen LogP contribution in [-0.4, -0.2) is 42.2 Å². The number of hydrogen-bond acceptors (Lipinski definition) is 4. The van der Waals surface area contributed by atoms with Gasteiger partial charge in [0, 0.05) is 19.3 Å². The summed E-state index contributed by atoms with van der Waals surface area (Å²) in [6.45, 7) is 3.30. The summed E-state index contributed by atoms with van der Waals surface area (Å²) in [6, 6.07) is 13.5. The minimum atomic E-state index is -0.233. The van der Waals surface area contributed by atoms with E-state index >= 15 is 0 Å². The van der Waals surface area contributed by atoms with Gasteiger partial charge in [0.1, 0.15) is 11.7 Å². The normalized spacial score (nSPS) is 17.4. The molecule has 23 heavy (non-hydrogen) atoms. The summed E-state index contributed by atoms with van der Waals surface area (Å²) in [5.74, 6) is 0.336. The summed E-state index contributed by atoms with van der Waals surface area (Å²) in [5, 5.41) is 0. The molecule has 120 valence electrons. The molecule has 1 aromatic carbocycles. The second-order valence-corrected chi connectivity index (χ2v) is 5.67. The van der Waals surface area contributed by atoms with Crippen LogP contribution in [0.2, 0.25) is 0 Å². The maximum atomic E-state index is 12.9. The van der Waals surface area contributed by atoms with E-state index < -0.39 is 0 Å². The zero-order valence-electron chi connectivity index (χ0n) is 13.4. The number of aromatic nitrogens is 1. The number of nitrogens with zero attached hydrogens (tertiary/aromatic N) is 2. The summed E-state index contributed by atoms with van der Waals surface area (Å²) in [4.78, 5) is 19.0. The third kappa shape index (κ3) is 3.51. The minimum Gasteiger partial charge on any atom is -0.469 e. The minimum absolute atomic E-state index is 0.0602. The molecule has 1 aliphatic rings. The first-order valence-electron chi connectivity index (χ1n) is 7.64. The number of hydrogen-bond donors (Lipinski definition) is 0. The third-order valence-electron chi connectivity index (χ3n) is 3.79. The third-order valence-corrected chi connectivity index (χ3v) is 3.79. The van der Waals surface area contributed by atoms with Crippen molar-refractivity contribution in [1.82, 2.24) is 9.88 Å². The Bertz CT molecular complexity index is 688. The molecular weight excluding hydrogens is 292 g/mol. The zero-order chi connectivity index (χ0) is 16.2. The quantitative estimate of drug-likeness (QED) is 0.870. The fourth-order valence-corrected chi connectivity index (χ4v) is 2.69. The number of pyridine rings is 1. The first-order chi connectivity index (χ1) is 11.2. The molecule has 0 fully saturated rings. The molecule has 5 nitrogen and oxygen atoms in total. The molecular formula is C18H20N2O3. The summed E-state index contributed by atoms with van der Waals surface area (Å²) in [7, 11) is 1.63. The van der Waals surface area contributed by atoms with Crippen LogP contribution in [0.25, 0.3) is 0 Å². The van der Waals surface area contributed by atoms with E-state index in [0.717, 1.165) is 11.3 Å². The largest absolute Gasteiger partial charge is 0.469 e. The van der Waals surface area contributed by atoms with E-state index in [9.17, 15) is 4.79 Å². The molecule has 0 bridgehead atoms. The van der Waals surface area contributed by atoms with E-state index in [1.807, 2.05) is 43.3 Å². The molecule has 0 saturated heterocycles. The Morgan fingerprint density at radius 1 is 1.26 bits per heavy atom. The average Bonchev–Trinajstić information content (AvgIpc) is 2.66. The molecule has 0 N–H and O–H groups in total. The lowest BCUT2D eigenvalue weighted by Crippen LogP contribution is -2.38. The van der Waals surface area contributed by atoms with Gasteiger partial charge in [-0.05, 0) is 24.6 Å². The lowest BCUT2D eigenvalue weighted by Gasteiger charge is -2.23. The molecule has 1 atom stereocenters. The maximum Gasteiger partial charge on any atom is 0.259 e. The van der Waals surface area contributed by atoms with E-state index in [1.54, 1.807) is 18.1 Å². The smallest absolute Gasteiger partial charge is 0.259 e. The van der Waals surface area contributed by atoms with Crippen molar-refractivity contribution in [3.63, 3.8) is 0 Å². The fraction of sp³-hybridized carbons (Fsp3) is 0.333. The number of benzene rings is 1. The highest BCUT2D eigenvalue weighted by molar-refractivity contribution is 5.96. The van der Waals surface area contributed by atoms with Gasteiger partial charge in [0.15, 0.2) is 0 Å². The van der Waals surface area contributed by atoms with E-state index in [4.69, 9.17) is 9.47 Å². The summed E-state index contributed by atoms with van der Waals surface area (Å²) in [6.07, 6.45) is -0.233. The van der Waals surface area contributed by atoms with Crippen LogP contribution >= 0.6 is 0 Å². The van der Waals surface area contributed by atoms with Gasteiger partial charge < -0.3 is 14.4 Å². The van der Waals surface area contributed by atoms with E-state index in [0.29, 0.717) is 31.1 Å². The zero-order valence-corrected chi connectivity index (χ0v) is 13.4. The van der Waals surface area contributed by atoms with Crippen molar-refractivity contribution in [3.8, 4) is 5.88 Å². The molecule has 0 saturated carbocycles. The first-order valence-corrected chi connectivity index (χ1v) is 7.64. The lowest BCUT2D eigenvalue weighted by atomic mass is 10.1. The van der Waals surface area contributed by atoms with Crippen LogP contribution in [0.1, 0.15) is 21.6 Å². The van der Waals surface area contributed by atoms with E-state index in [2.05, 4.69) is 4.98 Å². The summed E-state index contributed by atoms with van der Waals surface area (Å²) in [5.41, 5.74) is 2.41. The van der Waals surface area contributed by atoms with E-state index in [-0.39, 0.29) is 12.0 Å². The Morgan fingerprint density at radius 3 is 2.78 bits per heavy atom. The number of carbonyl (C=O) groups excluding carboxylic acids is 1. The highest BCUT2D eigenvalue weighted by Gasteiger charge is 2.29. The van der Waals surface area contributed by atoms with Crippen molar-refractivity contribution in [2.45, 2.75) is 19.6 Å². The highest BCUT2D eigenvalue weighted by Crippen LogP contribution is 2.24. The van der Waals surface area contributed by atoms with Gasteiger partial charge in [-0.3, -0.25) is 4.79 Å². The van der Waals surface area contributed by atoms with Gasteiger partial charge in [-0.2, -0.15) is 0 Å². The Morgan fingerprint density at radius 2 is 2.04 bits per heavy atom. The van der Waals surface area contributed by atoms with Crippen molar-refractivity contribution in [2.75, 3.05) is 20.3 Å². The lowest BCUT2D eigenvalue weighted by molar-refractivity contribution is 0.0488. The summed E-state index contributed by atoms with van der Waals surface area (Å²) >= 11 is 0. The molecule has 2 aromatic rings. The Hall–Kier alpha value is -2.40. The molecule has 1 aliphatic heterocycles. The predicted octanol–water partition coefficient (Wildman–Crippen LogP) is 2.44. The molecule has 1 aromatic heterocycles. The Kier molecular flexibility index (Phi) is 4.57. The number of rotatable bonds is 4. The second-order valence-electron chi connectivity index (χ2n) is 5.67. The number of fused-ring (bicyclic) bond motifs is 1. The van der Waals surface area contributed by atoms with Gasteiger partial charge in [0.2, 0.25) is 5.88 Å². The molecule has 1 unspecified atom stereocenters. The number of amides is 1. The van der Waals surface area contributed by atoms with Crippen LogP contribution < -0.4 is 4.74 Å². The van der Waals surface area contributed by atoms with Crippen LogP contribution in [0, 0.1) is 6.92 Å². The maximum absolute atomic E-state index is 12.9. The van der Waals surface area contributed by atoms with Crippen LogP contribution in [0.15, 0.2) is 42.5 Å². The number of carbonyl (C=O) groups is 1. The Labute approximate surface area is 135 Å². The molecule has 0 spiro atoms. The molecule has 5 heteroatoms. The number of aryl methyl sites for hydroxylation is 1. The number of methoxy groups -OCH3 is 1. The fourth-order valence-electron chi connectivity index (χ4n) is 2.69. The Balaban J connectivity index is 1.92. The van der Waals surface area contributed by atoms with Gasteiger partial charge in [-0.15, -0.1) is 0 Å². The second kappa shape index (κ2) is 6.79. The molecule has 0 radical (unpaired) electrons. The molecule has 0 aliphatic carbocycles.